The maximum Gasteiger partial charge on any atom is 0.330 e. The van der Waals surface area contributed by atoms with Crippen molar-refractivity contribution in [1.29, 1.82) is 0 Å². The van der Waals surface area contributed by atoms with Gasteiger partial charge in [-0.15, -0.1) is 0 Å². The van der Waals surface area contributed by atoms with Crippen molar-refractivity contribution in [2.45, 2.75) is 11.8 Å². The van der Waals surface area contributed by atoms with E-state index in [1.165, 1.54) is 29.4 Å². The highest BCUT2D eigenvalue weighted by atomic mass is 79.9. The van der Waals surface area contributed by atoms with Crippen molar-refractivity contribution in [3.63, 3.8) is 0 Å². The fourth-order valence-electron chi connectivity index (χ4n) is 2.47. The van der Waals surface area contributed by atoms with Crippen LogP contribution in [0.4, 0.5) is 0 Å². The minimum Gasteiger partial charge on any atom is -0.466 e. The van der Waals surface area contributed by atoms with Crippen LogP contribution in [0.3, 0.4) is 0 Å². The van der Waals surface area contributed by atoms with Crippen LogP contribution in [0, 0.1) is 6.92 Å². The summed E-state index contributed by atoms with van der Waals surface area (Å²) in [5.41, 5.74) is 1.97. The molecule has 0 radical (unpaired) electrons. The summed E-state index contributed by atoms with van der Waals surface area (Å²) >= 11 is 3.27. The molecule has 0 fully saturated rings. The van der Waals surface area contributed by atoms with Crippen LogP contribution in [0.1, 0.15) is 11.1 Å². The number of rotatable bonds is 4. The van der Waals surface area contributed by atoms with Gasteiger partial charge >= 0.3 is 5.97 Å². The summed E-state index contributed by atoms with van der Waals surface area (Å²) < 4.78 is 32.5. The average molecular weight is 435 g/mol. The highest BCUT2D eigenvalue weighted by Crippen LogP contribution is 2.28. The Bertz CT molecular complexity index is 1120. The van der Waals surface area contributed by atoms with Crippen LogP contribution >= 0.6 is 15.9 Å². The van der Waals surface area contributed by atoms with Gasteiger partial charge in [0.15, 0.2) is 0 Å². The van der Waals surface area contributed by atoms with Crippen molar-refractivity contribution in [1.82, 2.24) is 8.96 Å². The van der Waals surface area contributed by atoms with Gasteiger partial charge in [0.25, 0.3) is 10.0 Å². The van der Waals surface area contributed by atoms with Crippen molar-refractivity contribution in [3.8, 4) is 0 Å². The number of carbonyl (C=O) groups is 1. The van der Waals surface area contributed by atoms with E-state index in [4.69, 9.17) is 0 Å². The summed E-state index contributed by atoms with van der Waals surface area (Å²) in [7, 11) is -2.53. The normalized spacial score (nSPS) is 12.0. The summed E-state index contributed by atoms with van der Waals surface area (Å²) in [6.45, 7) is 1.89. The monoisotopic (exact) mass is 434 g/mol. The Balaban J connectivity index is 2.22. The number of halogens is 1. The van der Waals surface area contributed by atoms with E-state index in [-0.39, 0.29) is 4.90 Å². The summed E-state index contributed by atoms with van der Waals surface area (Å²) in [6, 6.07) is 8.24. The summed E-state index contributed by atoms with van der Waals surface area (Å²) in [5, 5.41) is 0.601. The maximum atomic E-state index is 13.1. The van der Waals surface area contributed by atoms with E-state index in [2.05, 4.69) is 25.7 Å². The van der Waals surface area contributed by atoms with Gasteiger partial charge < -0.3 is 4.74 Å². The molecule has 3 rings (SSSR count). The molecule has 0 saturated carbocycles. The molecule has 0 aliphatic rings. The molecule has 1 aromatic carbocycles. The molecule has 0 aliphatic carbocycles. The number of methoxy groups -OCH3 is 1. The minimum atomic E-state index is -3.80. The Kier molecular flexibility index (Phi) is 4.97. The number of ether oxygens (including phenoxy) is 1. The summed E-state index contributed by atoms with van der Waals surface area (Å²) in [5.74, 6) is -0.530. The van der Waals surface area contributed by atoms with Gasteiger partial charge in [-0.3, -0.25) is 0 Å². The predicted octanol–water partition coefficient (Wildman–Crippen LogP) is 3.53. The molecule has 0 spiro atoms. The Morgan fingerprint density at radius 2 is 1.96 bits per heavy atom. The van der Waals surface area contributed by atoms with Crippen LogP contribution in [0.5, 0.6) is 0 Å². The lowest BCUT2D eigenvalue weighted by Gasteiger charge is -2.08. The third kappa shape index (κ3) is 3.42. The predicted molar refractivity (Wildman–Crippen MR) is 102 cm³/mol. The van der Waals surface area contributed by atoms with Crippen LogP contribution in [-0.2, 0) is 19.6 Å². The molecule has 8 heteroatoms. The van der Waals surface area contributed by atoms with Gasteiger partial charge in [-0.2, -0.15) is 0 Å². The van der Waals surface area contributed by atoms with Gasteiger partial charge in [0.05, 0.1) is 17.5 Å². The highest BCUT2D eigenvalue weighted by molar-refractivity contribution is 9.10. The molecule has 134 valence electrons. The van der Waals surface area contributed by atoms with E-state index in [1.54, 1.807) is 36.5 Å². The molecule has 0 unspecified atom stereocenters. The molecule has 0 bridgehead atoms. The quantitative estimate of drug-likeness (QED) is 0.356. The van der Waals surface area contributed by atoms with E-state index in [0.29, 0.717) is 21.1 Å². The molecule has 0 amide bonds. The number of esters is 1. The van der Waals surface area contributed by atoms with Gasteiger partial charge in [0.1, 0.15) is 4.60 Å². The van der Waals surface area contributed by atoms with Crippen molar-refractivity contribution in [2.75, 3.05) is 7.11 Å². The van der Waals surface area contributed by atoms with E-state index in [0.717, 1.165) is 5.56 Å². The fourth-order valence-corrected chi connectivity index (χ4v) is 4.16. The Morgan fingerprint density at radius 1 is 1.27 bits per heavy atom. The first kappa shape index (κ1) is 18.3. The third-order valence-electron chi connectivity index (χ3n) is 3.83. The number of hydrogen-bond donors (Lipinski definition) is 0. The molecule has 2 heterocycles. The Labute approximate surface area is 159 Å². The van der Waals surface area contributed by atoms with Crippen molar-refractivity contribution >= 4 is 48.9 Å². The first-order valence-electron chi connectivity index (χ1n) is 7.58. The van der Waals surface area contributed by atoms with E-state index in [1.807, 2.05) is 6.92 Å². The topological polar surface area (TPSA) is 78.3 Å². The zero-order valence-electron chi connectivity index (χ0n) is 14.0. The van der Waals surface area contributed by atoms with Crippen LogP contribution in [0.25, 0.3) is 17.0 Å². The number of aromatic nitrogens is 2. The zero-order valence-corrected chi connectivity index (χ0v) is 16.4. The van der Waals surface area contributed by atoms with Crippen LogP contribution in [0.2, 0.25) is 0 Å². The molecule has 0 aliphatic heterocycles. The lowest BCUT2D eigenvalue weighted by molar-refractivity contribution is -0.134. The molecular formula is C18H15BrN2O4S. The molecule has 3 aromatic rings. The first-order chi connectivity index (χ1) is 12.3. The van der Waals surface area contributed by atoms with Gasteiger partial charge in [-0.05, 0) is 47.1 Å². The minimum absolute atomic E-state index is 0.177. The molecule has 26 heavy (non-hydrogen) atoms. The molecule has 0 saturated heterocycles. The zero-order chi connectivity index (χ0) is 18.9. The van der Waals surface area contributed by atoms with Crippen LogP contribution < -0.4 is 0 Å². The van der Waals surface area contributed by atoms with E-state index < -0.39 is 16.0 Å². The average Bonchev–Trinajstić information content (AvgIpc) is 2.98. The lowest BCUT2D eigenvalue weighted by atomic mass is 10.2. The third-order valence-corrected chi connectivity index (χ3v) is 5.95. The van der Waals surface area contributed by atoms with Crippen molar-refractivity contribution in [2.24, 2.45) is 0 Å². The van der Waals surface area contributed by atoms with E-state index in [9.17, 15) is 13.2 Å². The summed E-state index contributed by atoms with van der Waals surface area (Å²) in [6.07, 6.45) is 5.76. The summed E-state index contributed by atoms with van der Waals surface area (Å²) in [4.78, 5) is 15.7. The van der Waals surface area contributed by atoms with Crippen molar-refractivity contribution < 1.29 is 17.9 Å². The second-order valence-electron chi connectivity index (χ2n) is 5.58. The number of pyridine rings is 1. The number of carbonyl (C=O) groups excluding carboxylic acids is 1. The van der Waals surface area contributed by atoms with Crippen LogP contribution in [0.15, 0.2) is 58.3 Å². The molecular weight excluding hydrogens is 420 g/mol. The van der Waals surface area contributed by atoms with Gasteiger partial charge in [-0.1, -0.05) is 17.7 Å². The number of aryl methyl sites for hydroxylation is 1. The van der Waals surface area contributed by atoms with Gasteiger partial charge in [-0.25, -0.2) is 22.2 Å². The largest absolute Gasteiger partial charge is 0.466 e. The first-order valence-corrected chi connectivity index (χ1v) is 9.81. The standard InChI is InChI=1S/C18H15BrN2O4S/c1-12-3-6-14(7-4-12)26(23,24)21-11-13(5-8-18(22)25-2)15-10-20-17(19)9-16(15)21/h3-11H,1-2H3. The fraction of sp³-hybridized carbons (Fsp3) is 0.111. The SMILES string of the molecule is COC(=O)C=Cc1cn(S(=O)(=O)c2ccc(C)cc2)c2cc(Br)ncc12. The number of fused-ring (bicyclic) bond motifs is 1. The lowest BCUT2D eigenvalue weighted by Crippen LogP contribution is -2.11. The molecule has 0 N–H and O–H groups in total. The smallest absolute Gasteiger partial charge is 0.330 e. The maximum absolute atomic E-state index is 13.1. The number of benzene rings is 1. The molecule has 6 nitrogen and oxygen atoms in total. The van der Waals surface area contributed by atoms with Gasteiger partial charge in [0.2, 0.25) is 0 Å². The molecule has 2 aromatic heterocycles. The van der Waals surface area contributed by atoms with Gasteiger partial charge in [0, 0.05) is 29.4 Å². The van der Waals surface area contributed by atoms with Crippen LogP contribution in [-0.4, -0.2) is 30.5 Å². The second-order valence-corrected chi connectivity index (χ2v) is 8.21. The van der Waals surface area contributed by atoms with E-state index >= 15 is 0 Å². The Morgan fingerprint density at radius 3 is 2.62 bits per heavy atom. The van der Waals surface area contributed by atoms with Crippen molar-refractivity contribution in [3.05, 3.63) is 64.5 Å². The highest BCUT2D eigenvalue weighted by Gasteiger charge is 2.21. The Hall–Kier alpha value is -2.45. The number of nitrogens with zero attached hydrogens (tertiary/aromatic N) is 2. The second kappa shape index (κ2) is 7.05. The molecule has 0 atom stereocenters. The number of hydrogen-bond acceptors (Lipinski definition) is 5.